The zero-order valence-corrected chi connectivity index (χ0v) is 16.2. The van der Waals surface area contributed by atoms with E-state index in [1.54, 1.807) is 6.21 Å². The summed E-state index contributed by atoms with van der Waals surface area (Å²) in [5.41, 5.74) is 0.796. The highest BCUT2D eigenvalue weighted by Gasteiger charge is 2.67. The van der Waals surface area contributed by atoms with Gasteiger partial charge in [0.15, 0.2) is 0 Å². The summed E-state index contributed by atoms with van der Waals surface area (Å²) >= 11 is 0. The van der Waals surface area contributed by atoms with Crippen LogP contribution in [0.25, 0.3) is 10.8 Å². The monoisotopic (exact) mass is 386 g/mol. The number of carbonyl (C=O) groups excluding carboxylic acids is 2. The summed E-state index contributed by atoms with van der Waals surface area (Å²) in [6.07, 6.45) is 7.13. The van der Waals surface area contributed by atoms with Crippen LogP contribution < -0.4 is 4.74 Å². The van der Waals surface area contributed by atoms with Gasteiger partial charge in [-0.3, -0.25) is 9.59 Å². The van der Waals surface area contributed by atoms with E-state index < -0.39 is 0 Å². The number of carbonyl (C=O) groups is 2. The molecular formula is C24H22N2O3. The number of rotatable bonds is 4. The largest absolute Gasteiger partial charge is 0.493 e. The standard InChI is InChI=1S/C24H22N2O3/c1-2-29-20-10-7-13-5-3-4-6-14(13)19(20)12-25-26-23(27)21-15-8-9-16(18-11-17(15)18)22(21)24(26)28/h3-10,12,15-18,21-22H,2,11H2,1H3/b25-12-/t15-,16-,17-,18-,21+,22+/m0/s1. The number of imide groups is 1. The van der Waals surface area contributed by atoms with Crippen LogP contribution >= 0.6 is 0 Å². The van der Waals surface area contributed by atoms with E-state index in [4.69, 9.17) is 4.74 Å². The van der Waals surface area contributed by atoms with Crippen molar-refractivity contribution < 1.29 is 14.3 Å². The predicted octanol–water partition coefficient (Wildman–Crippen LogP) is 3.63. The Morgan fingerprint density at radius 1 is 1.03 bits per heavy atom. The van der Waals surface area contributed by atoms with Gasteiger partial charge in [-0.25, -0.2) is 0 Å². The summed E-state index contributed by atoms with van der Waals surface area (Å²) in [7, 11) is 0. The van der Waals surface area contributed by atoms with Gasteiger partial charge >= 0.3 is 0 Å². The van der Waals surface area contributed by atoms with Crippen molar-refractivity contribution >= 4 is 28.8 Å². The van der Waals surface area contributed by atoms with E-state index in [9.17, 15) is 9.59 Å². The Kier molecular flexibility index (Phi) is 3.52. The van der Waals surface area contributed by atoms with Crippen LogP contribution in [0.2, 0.25) is 0 Å². The van der Waals surface area contributed by atoms with Crippen molar-refractivity contribution in [1.82, 2.24) is 5.01 Å². The van der Waals surface area contributed by atoms with E-state index >= 15 is 0 Å². The lowest BCUT2D eigenvalue weighted by atomic mass is 9.63. The van der Waals surface area contributed by atoms with E-state index in [0.717, 1.165) is 27.8 Å². The van der Waals surface area contributed by atoms with Crippen LogP contribution in [-0.2, 0) is 9.59 Å². The Labute approximate surface area is 169 Å². The summed E-state index contributed by atoms with van der Waals surface area (Å²) < 4.78 is 5.78. The fraction of sp³-hybridized carbons (Fsp3) is 0.375. The Bertz CT molecular complexity index is 1070. The number of hydrogen-bond donors (Lipinski definition) is 0. The number of ether oxygens (including phenoxy) is 1. The molecule has 3 fully saturated rings. The van der Waals surface area contributed by atoms with Gasteiger partial charge in [-0.2, -0.15) is 10.1 Å². The molecule has 2 bridgehead atoms. The topological polar surface area (TPSA) is 59.0 Å². The van der Waals surface area contributed by atoms with Gasteiger partial charge in [0.25, 0.3) is 11.8 Å². The highest BCUT2D eigenvalue weighted by molar-refractivity contribution is 6.08. The predicted molar refractivity (Wildman–Crippen MR) is 109 cm³/mol. The molecule has 2 aromatic rings. The maximum Gasteiger partial charge on any atom is 0.254 e. The quantitative estimate of drug-likeness (QED) is 0.458. The minimum Gasteiger partial charge on any atom is -0.493 e. The SMILES string of the molecule is CCOc1ccc2ccccc2c1/C=N\N1C(=O)[C@@H]2[C@H]3C=C[C@@H]([C@@H]4C[C@@H]34)[C@H]2C1=O. The number of fused-ring (bicyclic) bond motifs is 1. The number of hydrazone groups is 1. The second kappa shape index (κ2) is 6.02. The van der Waals surface area contributed by atoms with Crippen molar-refractivity contribution in [3.8, 4) is 5.75 Å². The second-order valence-corrected chi connectivity index (χ2v) is 8.52. The van der Waals surface area contributed by atoms with Crippen LogP contribution in [0.4, 0.5) is 0 Å². The fourth-order valence-corrected chi connectivity index (χ4v) is 5.86. The lowest BCUT2D eigenvalue weighted by Crippen LogP contribution is -2.40. The van der Waals surface area contributed by atoms with Crippen molar-refractivity contribution in [2.45, 2.75) is 13.3 Å². The van der Waals surface area contributed by atoms with E-state index in [-0.39, 0.29) is 35.5 Å². The molecule has 4 aliphatic carbocycles. The van der Waals surface area contributed by atoms with Gasteiger partial charge in [0.2, 0.25) is 0 Å². The first-order valence-corrected chi connectivity index (χ1v) is 10.4. The maximum absolute atomic E-state index is 13.1. The number of allylic oxidation sites excluding steroid dienone is 2. The molecule has 146 valence electrons. The van der Waals surface area contributed by atoms with Gasteiger partial charge < -0.3 is 4.74 Å². The summed E-state index contributed by atoms with van der Waals surface area (Å²) in [5, 5.41) is 7.59. The summed E-state index contributed by atoms with van der Waals surface area (Å²) in [6.45, 7) is 2.46. The molecule has 7 rings (SSSR count). The Morgan fingerprint density at radius 3 is 2.41 bits per heavy atom. The Balaban J connectivity index is 1.38. The molecule has 5 heteroatoms. The van der Waals surface area contributed by atoms with Crippen molar-refractivity contribution in [3.63, 3.8) is 0 Å². The third-order valence-corrected chi connectivity index (χ3v) is 7.17. The fourth-order valence-electron chi connectivity index (χ4n) is 5.86. The van der Waals surface area contributed by atoms with Gasteiger partial charge in [0.05, 0.1) is 24.7 Å². The molecule has 1 heterocycles. The molecule has 2 amide bonds. The Hall–Kier alpha value is -2.95. The number of amides is 2. The molecule has 0 spiro atoms. The molecule has 6 atom stereocenters. The van der Waals surface area contributed by atoms with Crippen LogP contribution in [-0.4, -0.2) is 29.6 Å². The van der Waals surface area contributed by atoms with Crippen LogP contribution in [0.15, 0.2) is 53.7 Å². The lowest BCUT2D eigenvalue weighted by molar-refractivity contribution is -0.140. The molecule has 2 aromatic carbocycles. The molecule has 0 N–H and O–H groups in total. The van der Waals surface area contributed by atoms with E-state index in [1.165, 1.54) is 0 Å². The average molecular weight is 386 g/mol. The van der Waals surface area contributed by atoms with Crippen LogP contribution in [0.3, 0.4) is 0 Å². The minimum absolute atomic E-state index is 0.140. The molecular weight excluding hydrogens is 364 g/mol. The highest BCUT2D eigenvalue weighted by Crippen LogP contribution is 2.65. The number of nitrogens with zero attached hydrogens (tertiary/aromatic N) is 2. The summed E-state index contributed by atoms with van der Waals surface area (Å²) in [4.78, 5) is 26.3. The molecule has 5 nitrogen and oxygen atoms in total. The van der Waals surface area contributed by atoms with Crippen molar-refractivity contribution in [3.05, 3.63) is 54.1 Å². The molecule has 0 radical (unpaired) electrons. The molecule has 5 aliphatic rings. The molecule has 0 aromatic heterocycles. The number of hydrogen-bond acceptors (Lipinski definition) is 4. The van der Waals surface area contributed by atoms with Gasteiger partial charge in [-0.05, 0) is 53.9 Å². The zero-order chi connectivity index (χ0) is 19.7. The molecule has 29 heavy (non-hydrogen) atoms. The van der Waals surface area contributed by atoms with Gasteiger partial charge in [-0.1, -0.05) is 42.5 Å². The molecule has 1 saturated heterocycles. The zero-order valence-electron chi connectivity index (χ0n) is 16.2. The van der Waals surface area contributed by atoms with Crippen molar-refractivity contribution in [1.29, 1.82) is 0 Å². The number of benzene rings is 2. The molecule has 1 aliphatic heterocycles. The summed E-state index contributed by atoms with van der Waals surface area (Å²) in [6, 6.07) is 11.9. The average Bonchev–Trinajstić information content (AvgIpc) is 3.53. The maximum atomic E-state index is 13.1. The third kappa shape index (κ3) is 2.30. The van der Waals surface area contributed by atoms with Gasteiger partial charge in [-0.15, -0.1) is 0 Å². The van der Waals surface area contributed by atoms with Crippen LogP contribution in [0.5, 0.6) is 5.75 Å². The first-order valence-electron chi connectivity index (χ1n) is 10.4. The lowest BCUT2D eigenvalue weighted by Gasteiger charge is -2.37. The molecule has 0 unspecified atom stereocenters. The third-order valence-electron chi connectivity index (χ3n) is 7.17. The van der Waals surface area contributed by atoms with E-state index in [2.05, 4.69) is 17.3 Å². The van der Waals surface area contributed by atoms with Gasteiger partial charge in [0.1, 0.15) is 5.75 Å². The second-order valence-electron chi connectivity index (χ2n) is 8.52. The van der Waals surface area contributed by atoms with Crippen molar-refractivity contribution in [2.24, 2.45) is 40.6 Å². The van der Waals surface area contributed by atoms with E-state index in [0.29, 0.717) is 24.2 Å². The highest BCUT2D eigenvalue weighted by atomic mass is 16.5. The minimum atomic E-state index is -0.225. The van der Waals surface area contributed by atoms with Crippen LogP contribution in [0, 0.1) is 35.5 Å². The first kappa shape index (κ1) is 17.0. The smallest absolute Gasteiger partial charge is 0.254 e. The Morgan fingerprint density at radius 2 is 1.72 bits per heavy atom. The van der Waals surface area contributed by atoms with Crippen molar-refractivity contribution in [2.75, 3.05) is 6.61 Å². The molecule has 2 saturated carbocycles. The van der Waals surface area contributed by atoms with Crippen LogP contribution in [0.1, 0.15) is 18.9 Å². The summed E-state index contributed by atoms with van der Waals surface area (Å²) in [5.74, 6) is 1.58. The normalized spacial score (nSPS) is 34.2. The van der Waals surface area contributed by atoms with E-state index in [1.807, 2.05) is 43.3 Å². The first-order chi connectivity index (χ1) is 14.2. The van der Waals surface area contributed by atoms with Gasteiger partial charge in [0, 0.05) is 5.56 Å².